The topological polar surface area (TPSA) is 99.8 Å². The maximum atomic E-state index is 11.5. The molecule has 29 heavy (non-hydrogen) atoms. The number of benzene rings is 1. The molecular weight excluding hydrogens is 432 g/mol. The molecule has 0 atom stereocenters. The number of aromatic nitrogens is 1. The highest BCUT2D eigenvalue weighted by atomic mass is 35.5. The first-order valence-electron chi connectivity index (χ1n) is 8.85. The van der Waals surface area contributed by atoms with Crippen LogP contribution in [0.2, 0.25) is 0 Å². The monoisotopic (exact) mass is 456 g/mol. The molecule has 0 bridgehead atoms. The number of halogens is 1. The number of likely N-dealkylation sites (N-methyl/N-ethyl adjacent to an activating group) is 1. The second-order valence-corrected chi connectivity index (χ2v) is 9.08. The lowest BCUT2D eigenvalue weighted by atomic mass is 10.2. The number of aryl methyl sites for hydroxylation is 1. The molecule has 158 valence electrons. The number of hydrogen-bond acceptors (Lipinski definition) is 7. The van der Waals surface area contributed by atoms with E-state index >= 15 is 0 Å². The van der Waals surface area contributed by atoms with Gasteiger partial charge in [0.15, 0.2) is 0 Å². The Hall–Kier alpha value is -1.91. The van der Waals surface area contributed by atoms with Crippen molar-refractivity contribution < 1.29 is 13.0 Å². The van der Waals surface area contributed by atoms with Crippen LogP contribution in [0.5, 0.6) is 0 Å². The van der Waals surface area contributed by atoms with Gasteiger partial charge in [-0.25, -0.2) is 4.98 Å². The number of pyridine rings is 1. The van der Waals surface area contributed by atoms with Gasteiger partial charge in [0, 0.05) is 48.1 Å². The molecule has 0 unspecified atom stereocenters. The van der Waals surface area contributed by atoms with Crippen LogP contribution in [0.1, 0.15) is 5.56 Å². The van der Waals surface area contributed by atoms with Crippen molar-refractivity contribution in [2.75, 3.05) is 43.9 Å². The Morgan fingerprint density at radius 1 is 1.10 bits per heavy atom. The van der Waals surface area contributed by atoms with E-state index in [0.29, 0.717) is 11.2 Å². The molecule has 1 aliphatic heterocycles. The molecular formula is C19H25ClN4O3S2. The largest absolute Gasteiger partial charge is 0.399 e. The van der Waals surface area contributed by atoms with Crippen LogP contribution >= 0.6 is 23.7 Å². The average molecular weight is 457 g/mol. The molecule has 10 heteroatoms. The predicted molar refractivity (Wildman–Crippen MR) is 122 cm³/mol. The third-order valence-corrected chi connectivity index (χ3v) is 6.56. The molecule has 0 aliphatic carbocycles. The minimum Gasteiger partial charge on any atom is -0.399 e. The highest BCUT2D eigenvalue weighted by Crippen LogP contribution is 2.35. The number of hydrogen-bond donors (Lipinski definition) is 2. The van der Waals surface area contributed by atoms with Crippen LogP contribution in [0, 0.1) is 6.92 Å². The van der Waals surface area contributed by atoms with Gasteiger partial charge in [0.1, 0.15) is 10.7 Å². The number of nitrogens with zero attached hydrogens (tertiary/aromatic N) is 3. The van der Waals surface area contributed by atoms with Crippen LogP contribution in [-0.2, 0) is 10.1 Å². The summed E-state index contributed by atoms with van der Waals surface area (Å²) in [6.45, 7) is 5.44. The molecule has 1 saturated heterocycles. The fourth-order valence-electron chi connectivity index (χ4n) is 2.95. The van der Waals surface area contributed by atoms with Crippen molar-refractivity contribution in [3.8, 4) is 0 Å². The van der Waals surface area contributed by atoms with Crippen molar-refractivity contribution in [3.05, 3.63) is 47.5 Å². The third kappa shape index (κ3) is 5.80. The summed E-state index contributed by atoms with van der Waals surface area (Å²) in [5, 5.41) is 2.01. The van der Waals surface area contributed by atoms with Crippen LogP contribution < -0.4 is 10.6 Å². The summed E-state index contributed by atoms with van der Waals surface area (Å²) in [5.74, 6) is 0.643. The third-order valence-electron chi connectivity index (χ3n) is 4.59. The molecule has 4 rings (SSSR count). The van der Waals surface area contributed by atoms with Gasteiger partial charge in [0.05, 0.1) is 5.39 Å². The van der Waals surface area contributed by atoms with E-state index in [-0.39, 0.29) is 17.3 Å². The molecule has 3 heterocycles. The maximum Gasteiger partial charge on any atom is 0.296 e. The van der Waals surface area contributed by atoms with Gasteiger partial charge < -0.3 is 15.5 Å². The molecule has 0 radical (unpaired) electrons. The summed E-state index contributed by atoms with van der Waals surface area (Å²) in [6.07, 6.45) is 1.68. The lowest BCUT2D eigenvalue weighted by Gasteiger charge is -2.33. The van der Waals surface area contributed by atoms with Crippen molar-refractivity contribution in [1.82, 2.24) is 9.88 Å². The van der Waals surface area contributed by atoms with Crippen molar-refractivity contribution in [2.45, 2.75) is 11.8 Å². The number of rotatable bonds is 2. The predicted octanol–water partition coefficient (Wildman–Crippen LogP) is 3.29. The Kier molecular flexibility index (Phi) is 7.84. The van der Waals surface area contributed by atoms with Gasteiger partial charge in [-0.2, -0.15) is 8.42 Å². The van der Waals surface area contributed by atoms with Crippen LogP contribution in [-0.4, -0.2) is 56.1 Å². The Labute approximate surface area is 181 Å². The fourth-order valence-corrected chi connectivity index (χ4v) is 4.92. The zero-order chi connectivity index (χ0) is 20.3. The minimum atomic E-state index is -4.22. The average Bonchev–Trinajstić information content (AvgIpc) is 3.10. The van der Waals surface area contributed by atoms with Crippen molar-refractivity contribution in [1.29, 1.82) is 0 Å². The van der Waals surface area contributed by atoms with E-state index in [1.165, 1.54) is 22.3 Å². The minimum absolute atomic E-state index is 0. The summed E-state index contributed by atoms with van der Waals surface area (Å²) in [5.41, 5.74) is 7.51. The van der Waals surface area contributed by atoms with Crippen molar-refractivity contribution >= 4 is 55.5 Å². The molecule has 1 fully saturated rings. The van der Waals surface area contributed by atoms with Gasteiger partial charge in [0.25, 0.3) is 10.1 Å². The van der Waals surface area contributed by atoms with Crippen molar-refractivity contribution in [3.63, 3.8) is 0 Å². The van der Waals surface area contributed by atoms with Gasteiger partial charge in [-0.3, -0.25) is 4.55 Å². The number of nitrogen functional groups attached to an aromatic ring is 1. The molecule has 1 aromatic carbocycles. The van der Waals surface area contributed by atoms with E-state index in [4.69, 9.17) is 5.73 Å². The van der Waals surface area contributed by atoms with Gasteiger partial charge >= 0.3 is 0 Å². The SMILES string of the molecule is CN1CCN(c2nccc3scc(S(=O)(=O)O)c23)CC1.Cc1ccc(N)cc1.Cl. The number of fused-ring (bicyclic) bond motifs is 1. The smallest absolute Gasteiger partial charge is 0.296 e. The molecule has 1 aliphatic rings. The van der Waals surface area contributed by atoms with Crippen LogP contribution in [0.4, 0.5) is 11.5 Å². The molecule has 7 nitrogen and oxygen atoms in total. The second kappa shape index (κ2) is 9.73. The summed E-state index contributed by atoms with van der Waals surface area (Å²) >= 11 is 1.30. The van der Waals surface area contributed by atoms with E-state index in [1.54, 1.807) is 12.3 Å². The fraction of sp³-hybridized carbons (Fsp3) is 0.316. The normalized spacial score (nSPS) is 14.8. The van der Waals surface area contributed by atoms with Crippen molar-refractivity contribution in [2.24, 2.45) is 0 Å². The van der Waals surface area contributed by atoms with Gasteiger partial charge in [-0.15, -0.1) is 23.7 Å². The van der Waals surface area contributed by atoms with E-state index in [0.717, 1.165) is 36.6 Å². The second-order valence-electron chi connectivity index (χ2n) is 6.78. The van der Waals surface area contributed by atoms with E-state index in [9.17, 15) is 13.0 Å². The lowest BCUT2D eigenvalue weighted by Crippen LogP contribution is -2.44. The Bertz CT molecular complexity index is 1030. The Morgan fingerprint density at radius 2 is 1.72 bits per heavy atom. The summed E-state index contributed by atoms with van der Waals surface area (Å²) in [6, 6.07) is 9.56. The highest BCUT2D eigenvalue weighted by Gasteiger charge is 2.24. The van der Waals surface area contributed by atoms with E-state index in [1.807, 2.05) is 31.2 Å². The highest BCUT2D eigenvalue weighted by molar-refractivity contribution is 7.86. The van der Waals surface area contributed by atoms with Crippen LogP contribution in [0.15, 0.2) is 46.8 Å². The first-order valence-corrected chi connectivity index (χ1v) is 11.2. The molecule has 0 amide bonds. The Balaban J connectivity index is 0.000000283. The first-order chi connectivity index (χ1) is 13.3. The summed E-state index contributed by atoms with van der Waals surface area (Å²) in [7, 11) is -2.17. The quantitative estimate of drug-likeness (QED) is 0.450. The zero-order valence-corrected chi connectivity index (χ0v) is 18.7. The van der Waals surface area contributed by atoms with Gasteiger partial charge in [0.2, 0.25) is 0 Å². The molecule has 0 saturated carbocycles. The molecule has 2 aromatic heterocycles. The number of thiophene rings is 1. The van der Waals surface area contributed by atoms with E-state index in [2.05, 4.69) is 21.8 Å². The van der Waals surface area contributed by atoms with Gasteiger partial charge in [-0.1, -0.05) is 17.7 Å². The molecule has 3 aromatic rings. The standard InChI is InChI=1S/C12H15N3O3S2.C7H9N.ClH/c1-14-4-6-15(7-5-14)12-11-9(2-3-13-12)19-8-10(11)20(16,17)18;1-6-2-4-7(8)5-3-6;/h2-3,8H,4-7H2,1H3,(H,16,17,18);2-5H,8H2,1H3;1H. The molecule has 3 N–H and O–H groups in total. The number of anilines is 2. The Morgan fingerprint density at radius 3 is 2.28 bits per heavy atom. The number of nitrogens with two attached hydrogens (primary N) is 1. The number of piperazine rings is 1. The van der Waals surface area contributed by atoms with Crippen LogP contribution in [0.3, 0.4) is 0 Å². The first kappa shape index (κ1) is 23.4. The lowest BCUT2D eigenvalue weighted by molar-refractivity contribution is 0.312. The van der Waals surface area contributed by atoms with Crippen LogP contribution in [0.25, 0.3) is 10.1 Å². The summed E-state index contributed by atoms with van der Waals surface area (Å²) in [4.78, 5) is 8.59. The van der Waals surface area contributed by atoms with Gasteiger partial charge in [-0.05, 0) is 32.2 Å². The maximum absolute atomic E-state index is 11.5. The molecule has 0 spiro atoms. The zero-order valence-electron chi connectivity index (χ0n) is 16.3. The summed E-state index contributed by atoms with van der Waals surface area (Å²) < 4.78 is 33.2. The van der Waals surface area contributed by atoms with E-state index < -0.39 is 10.1 Å².